The summed E-state index contributed by atoms with van der Waals surface area (Å²) in [5, 5.41) is 48.9. The molecule has 22 nitrogen and oxygen atoms in total. The Balaban J connectivity index is 0.00000154. The summed E-state index contributed by atoms with van der Waals surface area (Å²) in [4.78, 5) is 75.1. The van der Waals surface area contributed by atoms with Gasteiger partial charge in [0.1, 0.15) is 18.0 Å². The van der Waals surface area contributed by atoms with Gasteiger partial charge in [-0.25, -0.2) is 9.59 Å². The molecule has 0 fully saturated rings. The Morgan fingerprint density at radius 2 is 1.10 bits per heavy atom. The Labute approximate surface area is 488 Å². The van der Waals surface area contributed by atoms with Crippen LogP contribution in [-0.4, -0.2) is 140 Å². The number of anilines is 1. The van der Waals surface area contributed by atoms with Crippen LogP contribution in [0.1, 0.15) is 95.1 Å². The van der Waals surface area contributed by atoms with Crippen molar-refractivity contribution < 1.29 is 100 Å². The average molecular weight is 1180 g/mol. The van der Waals surface area contributed by atoms with Crippen molar-refractivity contribution in [1.29, 1.82) is 0 Å². The number of nitrogens with two attached hydrogens (primary N) is 2. The van der Waals surface area contributed by atoms with Gasteiger partial charge in [0.2, 0.25) is 11.6 Å². The number of allylic oxidation sites excluding steroid dienone is 6. The molecule has 4 amide bonds. The van der Waals surface area contributed by atoms with Gasteiger partial charge in [0.05, 0.1) is 48.5 Å². The van der Waals surface area contributed by atoms with Crippen molar-refractivity contribution in [3.05, 3.63) is 106 Å². The maximum absolute atomic E-state index is 13.3. The van der Waals surface area contributed by atoms with Crippen LogP contribution in [0.4, 0.5) is 21.0 Å². The molecule has 0 radical (unpaired) electrons. The molecule has 2 heterocycles. The van der Waals surface area contributed by atoms with Gasteiger partial charge in [0, 0.05) is 69.1 Å². The van der Waals surface area contributed by atoms with Gasteiger partial charge in [-0.2, -0.15) is 0 Å². The highest BCUT2D eigenvalue weighted by Gasteiger charge is 2.35. The average Bonchev–Trinajstić information content (AvgIpc) is 3.44. The predicted octanol–water partition coefficient (Wildman–Crippen LogP) is 3.12. The molecule has 23 heteroatoms. The number of aromatic hydroxyl groups is 2. The van der Waals surface area contributed by atoms with Crippen LogP contribution in [0.15, 0.2) is 100 Å². The lowest BCUT2D eigenvalue weighted by molar-refractivity contribution is -0.257. The Morgan fingerprint density at radius 1 is 0.671 bits per heavy atom. The number of amides is 4. The molecule has 4 bridgehead atoms. The van der Waals surface area contributed by atoms with E-state index in [1.54, 1.807) is 64.2 Å². The van der Waals surface area contributed by atoms with Gasteiger partial charge >= 0.3 is 12.2 Å². The summed E-state index contributed by atoms with van der Waals surface area (Å²) in [6.07, 6.45) is 6.70. The minimum atomic E-state index is -1.00. The van der Waals surface area contributed by atoms with E-state index >= 15 is 0 Å². The van der Waals surface area contributed by atoms with E-state index in [2.05, 4.69) is 16.4 Å². The summed E-state index contributed by atoms with van der Waals surface area (Å²) < 4.78 is 38.2. The number of aliphatic hydroxyl groups excluding tert-OH is 2. The monoisotopic (exact) mass is 1180 g/mol. The highest BCUT2D eigenvalue weighted by atomic mass is 35.5. The zero-order valence-electron chi connectivity index (χ0n) is 47.9. The Kier molecular flexibility index (Phi) is 32.5. The first kappa shape index (κ1) is 75.4. The molecule has 1 aromatic rings. The van der Waals surface area contributed by atoms with E-state index in [1.807, 2.05) is 20.8 Å². The van der Waals surface area contributed by atoms with Crippen molar-refractivity contribution in [3.8, 4) is 11.5 Å². The third-order valence-corrected chi connectivity index (χ3v) is 13.9. The molecule has 0 saturated heterocycles. The molecule has 13 N–H and O–H groups in total. The van der Waals surface area contributed by atoms with Crippen molar-refractivity contribution >= 4 is 46.9 Å². The SMILES string of the molecule is C.C.COC1=C2C[C@@H](C)C[C@H](OC)[C@H](O)[C@@H](C)/C=C(\C)[C@H](OC(N)=O)[C@@H](OC)/C=C\C=C(/C)C(=O)NC(=CC1=O)C2=O.CO[C@H]1/C=C\C=C(/C)C(=O)Nc2cc(O)c([NH3+])c(c2O)C[C@@H](C)C[C@H](OC)[C@H](O)[C@@H](C)/C=C(\C)[C@@H]1OC(N)=O.[Cl-]. The lowest BCUT2D eigenvalue weighted by atomic mass is 9.85. The van der Waals surface area contributed by atoms with Crippen LogP contribution >= 0.6 is 0 Å². The fourth-order valence-electron chi connectivity index (χ4n) is 9.45. The van der Waals surface area contributed by atoms with E-state index in [9.17, 15) is 49.2 Å². The van der Waals surface area contributed by atoms with Crippen molar-refractivity contribution in [3.63, 3.8) is 0 Å². The van der Waals surface area contributed by atoms with Crippen LogP contribution in [0.2, 0.25) is 0 Å². The smallest absolute Gasteiger partial charge is 0.405 e. The van der Waals surface area contributed by atoms with Crippen LogP contribution in [0.5, 0.6) is 11.5 Å². The number of phenolic OH excluding ortho intramolecular Hbond substituents is 2. The second-order valence-corrected chi connectivity index (χ2v) is 20.2. The molecule has 3 aliphatic rings. The van der Waals surface area contributed by atoms with Crippen LogP contribution in [0, 0.1) is 23.7 Å². The van der Waals surface area contributed by atoms with E-state index in [1.165, 1.54) is 60.7 Å². The van der Waals surface area contributed by atoms with Gasteiger partial charge in [-0.1, -0.05) is 91.2 Å². The quantitative estimate of drug-likeness (QED) is 0.0820. The minimum Gasteiger partial charge on any atom is -1.00 e. The third kappa shape index (κ3) is 21.0. The van der Waals surface area contributed by atoms with Crippen molar-refractivity contribution in [1.82, 2.24) is 5.32 Å². The number of halogens is 1. The van der Waals surface area contributed by atoms with E-state index < -0.39 is 96.2 Å². The molecule has 82 heavy (non-hydrogen) atoms. The van der Waals surface area contributed by atoms with Crippen molar-refractivity contribution in [2.75, 3.05) is 40.9 Å². The Hall–Kier alpha value is -6.63. The fourth-order valence-corrected chi connectivity index (χ4v) is 9.45. The van der Waals surface area contributed by atoms with Gasteiger partial charge in [0.15, 0.2) is 29.4 Å². The molecule has 4 rings (SSSR count). The summed E-state index contributed by atoms with van der Waals surface area (Å²) in [6, 6.07) is 1.25. The summed E-state index contributed by atoms with van der Waals surface area (Å²) >= 11 is 0. The lowest BCUT2D eigenvalue weighted by Gasteiger charge is -2.29. The van der Waals surface area contributed by atoms with Gasteiger partial charge in [-0.15, -0.1) is 0 Å². The number of carbonyl (C=O) groups excluding carboxylic acids is 6. The minimum absolute atomic E-state index is 0. The van der Waals surface area contributed by atoms with Crippen molar-refractivity contribution in [2.24, 2.45) is 35.1 Å². The standard InChI is InChI=1S/C29H40N2O9.C28H41N3O8.2CH4.ClH/c1-15-11-19-25(34)20(14-21(32)27(19)39-7)31-28(35)16(2)9-8-10-22(37-5)26(40-29(30)36)18(4)13-17(3)24(33)23(12-15)38-6;1-14-10-18-23(29)20(32)13-19(25(18)34)31-27(35)15(2)8-7-9-21(37-5)26(39-28(30)36)17(4)12-16(3)24(33)22(11-14)38-6;;;/h8-10,13-15,17,22-24,26,33H,11-12H2,1-7H3,(H2,30,36)(H,31,35);7-9,12-14,16,21-22,24,26,32-34H,10-11,29H2,1-6H3,(H2,30,36)(H,31,35);2*1H4;1H/b10-8-,16-9+,18-13+;9-7-,15-8+,17-12+;;;/t15-,17+,22+,23+,24-,26+;14-,16+,21+,22+,24-,26+;;;/m11.../s1. The number of phenols is 2. The molecule has 0 spiro atoms. The van der Waals surface area contributed by atoms with E-state index in [4.69, 9.17) is 44.6 Å². The number of quaternary nitrogens is 1. The first-order valence-electron chi connectivity index (χ1n) is 25.7. The number of hydrogen-bond acceptors (Lipinski definition) is 17. The molecule has 0 unspecified atom stereocenters. The zero-order chi connectivity index (χ0) is 59.6. The molecule has 460 valence electrons. The number of carbonyl (C=O) groups is 6. The molecule has 0 aromatic heterocycles. The third-order valence-electron chi connectivity index (χ3n) is 13.9. The second-order valence-electron chi connectivity index (χ2n) is 20.2. The van der Waals surface area contributed by atoms with Crippen LogP contribution in [-0.2, 0) is 58.8 Å². The first-order valence-corrected chi connectivity index (χ1v) is 25.7. The van der Waals surface area contributed by atoms with Gasteiger partial charge < -0.3 is 93.8 Å². The molecular formula is C59H90ClN5O17. The second kappa shape index (κ2) is 35.4. The van der Waals surface area contributed by atoms with Crippen molar-refractivity contribution in [2.45, 2.75) is 145 Å². The van der Waals surface area contributed by atoms with Gasteiger partial charge in [0.25, 0.3) is 11.8 Å². The highest BCUT2D eigenvalue weighted by molar-refractivity contribution is 6.23. The lowest BCUT2D eigenvalue weighted by Crippen LogP contribution is -3.00. The van der Waals surface area contributed by atoms with E-state index in [0.29, 0.717) is 41.5 Å². The molecule has 2 aliphatic heterocycles. The summed E-state index contributed by atoms with van der Waals surface area (Å²) in [5.74, 6) is -3.77. The predicted molar refractivity (Wildman–Crippen MR) is 306 cm³/mol. The number of primary amides is 2. The van der Waals surface area contributed by atoms with Gasteiger partial charge in [-0.3, -0.25) is 19.2 Å². The first-order chi connectivity index (χ1) is 37.1. The summed E-state index contributed by atoms with van der Waals surface area (Å²) in [5.41, 5.74) is 16.9. The number of benzene rings is 1. The maximum atomic E-state index is 13.3. The topological polar surface area (TPSA) is 352 Å². The highest BCUT2D eigenvalue weighted by Crippen LogP contribution is 2.40. The Bertz CT molecular complexity index is 2640. The van der Waals surface area contributed by atoms with E-state index in [-0.39, 0.29) is 91.0 Å². The number of Topliss-reactive ketones (excluding diaryl/α,β-unsaturated/α-hetero) is 1. The molecule has 0 saturated carbocycles. The molecule has 1 aliphatic carbocycles. The maximum Gasteiger partial charge on any atom is 0.405 e. The van der Waals surface area contributed by atoms with Crippen LogP contribution < -0.4 is 40.2 Å². The number of nitrogens with one attached hydrogen (secondary N) is 2. The van der Waals surface area contributed by atoms with Gasteiger partial charge in [-0.05, 0) is 76.4 Å². The number of aliphatic hydroxyl groups is 2. The Morgan fingerprint density at radius 3 is 1.50 bits per heavy atom. The number of fused-ring (bicyclic) bond motifs is 4. The molecular weight excluding hydrogens is 1090 g/mol. The van der Waals surface area contributed by atoms with Crippen LogP contribution in [0.25, 0.3) is 0 Å². The largest absolute Gasteiger partial charge is 1.00 e. The van der Waals surface area contributed by atoms with E-state index in [0.717, 1.165) is 6.08 Å². The number of hydrogen-bond donors (Lipinski definition) is 9. The number of ether oxygens (including phenoxy) is 7. The number of rotatable bonds is 7. The zero-order valence-corrected chi connectivity index (χ0v) is 48.6. The summed E-state index contributed by atoms with van der Waals surface area (Å²) in [6.45, 7) is 14.0. The fraction of sp³-hybridized carbons (Fsp3) is 0.525. The normalized spacial score (nSPS) is 30.6. The number of methoxy groups -OCH3 is 5. The number of ketones is 2. The summed E-state index contributed by atoms with van der Waals surface area (Å²) in [7, 11) is 7.16. The molecule has 1 aromatic carbocycles. The molecule has 12 atom stereocenters. The van der Waals surface area contributed by atoms with Crippen LogP contribution in [0.3, 0.4) is 0 Å².